The van der Waals surface area contributed by atoms with Crippen LogP contribution in [-0.2, 0) is 9.59 Å². The van der Waals surface area contributed by atoms with Gasteiger partial charge in [0.15, 0.2) is 5.78 Å². The molecule has 1 saturated carbocycles. The van der Waals surface area contributed by atoms with Crippen LogP contribution >= 0.6 is 0 Å². The third kappa shape index (κ3) is 7.16. The Morgan fingerprint density at radius 3 is 2.56 bits per heavy atom. The quantitative estimate of drug-likeness (QED) is 0.615. The Balaban J connectivity index is 1.50. The van der Waals surface area contributed by atoms with Crippen LogP contribution in [0.4, 0.5) is 0 Å². The van der Waals surface area contributed by atoms with Crippen molar-refractivity contribution in [2.45, 2.75) is 64.7 Å². The molecule has 0 aromatic heterocycles. The van der Waals surface area contributed by atoms with E-state index >= 15 is 0 Å². The maximum absolute atomic E-state index is 12.8. The minimum absolute atomic E-state index is 0.0213. The van der Waals surface area contributed by atoms with Crippen LogP contribution < -0.4 is 10.6 Å². The number of amides is 2. The van der Waals surface area contributed by atoms with Gasteiger partial charge in [-0.15, -0.1) is 0 Å². The first-order chi connectivity index (χ1) is 15.4. The number of Topliss-reactive ketones (excluding diaryl/α,β-unsaturated/α-hetero) is 1. The number of nitrogens with one attached hydrogen (secondary N) is 2. The summed E-state index contributed by atoms with van der Waals surface area (Å²) < 4.78 is 0. The van der Waals surface area contributed by atoms with Crippen LogP contribution in [0.25, 0.3) is 0 Å². The molecule has 2 N–H and O–H groups in total. The number of rotatable bonds is 9. The highest BCUT2D eigenvalue weighted by Gasteiger charge is 2.25. The maximum Gasteiger partial charge on any atom is 0.251 e. The van der Waals surface area contributed by atoms with Crippen molar-refractivity contribution in [2.75, 3.05) is 32.7 Å². The zero-order valence-corrected chi connectivity index (χ0v) is 19.7. The Kier molecular flexibility index (Phi) is 9.27. The highest BCUT2D eigenvalue weighted by Crippen LogP contribution is 2.28. The summed E-state index contributed by atoms with van der Waals surface area (Å²) in [6.45, 7) is 6.57. The van der Waals surface area contributed by atoms with Gasteiger partial charge < -0.3 is 15.5 Å². The van der Waals surface area contributed by atoms with Crippen molar-refractivity contribution in [3.05, 3.63) is 35.4 Å². The number of benzene rings is 1. The molecule has 1 unspecified atom stereocenters. The molecule has 2 amide bonds. The molecule has 1 aromatic carbocycles. The average Bonchev–Trinajstić information content (AvgIpc) is 2.83. The average molecular weight is 442 g/mol. The molecule has 3 rings (SSSR count). The molecular formula is C26H39N3O3. The zero-order valence-electron chi connectivity index (χ0n) is 19.7. The van der Waals surface area contributed by atoms with Gasteiger partial charge in [-0.1, -0.05) is 45.2 Å². The summed E-state index contributed by atoms with van der Waals surface area (Å²) in [6, 6.07) is 7.62. The topological polar surface area (TPSA) is 78.5 Å². The van der Waals surface area contributed by atoms with E-state index in [1.807, 2.05) is 36.9 Å². The van der Waals surface area contributed by atoms with Gasteiger partial charge in [0.1, 0.15) is 0 Å². The van der Waals surface area contributed by atoms with Gasteiger partial charge in [0.05, 0.1) is 13.1 Å². The van der Waals surface area contributed by atoms with Crippen LogP contribution in [0.15, 0.2) is 24.3 Å². The molecule has 2 fully saturated rings. The van der Waals surface area contributed by atoms with Crippen LogP contribution in [-0.4, -0.2) is 55.2 Å². The second-order valence-corrected chi connectivity index (χ2v) is 9.74. The lowest BCUT2D eigenvalue weighted by Gasteiger charge is -2.33. The number of likely N-dealkylation sites (tertiary alicyclic amines) is 1. The first kappa shape index (κ1) is 24.4. The van der Waals surface area contributed by atoms with Crippen LogP contribution in [0.3, 0.4) is 0 Å². The summed E-state index contributed by atoms with van der Waals surface area (Å²) in [5.41, 5.74) is 1.65. The van der Waals surface area contributed by atoms with Gasteiger partial charge in [-0.3, -0.25) is 14.4 Å². The summed E-state index contributed by atoms with van der Waals surface area (Å²) in [5.74, 6) is 0.826. The molecule has 32 heavy (non-hydrogen) atoms. The standard InChI is InChI=1S/C26H39N3O3/c1-19(2)24(30)16-28-26(32)22-11-6-10-21(14-22)23-12-7-13-29(18-23)25(31)17-27-15-20-8-4-3-5-9-20/h6,10-11,14,19-20,23,27H,3-5,7-9,12-13,15-18H2,1-2H3,(H,28,32). The predicted molar refractivity (Wildman–Crippen MR) is 127 cm³/mol. The van der Waals surface area contributed by atoms with E-state index in [0.717, 1.165) is 37.4 Å². The largest absolute Gasteiger partial charge is 0.345 e. The van der Waals surface area contributed by atoms with E-state index in [9.17, 15) is 14.4 Å². The van der Waals surface area contributed by atoms with Gasteiger partial charge in [0.2, 0.25) is 5.91 Å². The molecule has 1 aliphatic carbocycles. The number of ketones is 1. The van der Waals surface area contributed by atoms with E-state index in [-0.39, 0.29) is 36.0 Å². The Bertz CT molecular complexity index is 786. The smallest absolute Gasteiger partial charge is 0.251 e. The van der Waals surface area contributed by atoms with Crippen molar-refractivity contribution >= 4 is 17.6 Å². The Morgan fingerprint density at radius 2 is 1.81 bits per heavy atom. The molecule has 6 heteroatoms. The first-order valence-electron chi connectivity index (χ1n) is 12.3. The van der Waals surface area contributed by atoms with E-state index in [4.69, 9.17) is 0 Å². The van der Waals surface area contributed by atoms with Crippen molar-refractivity contribution in [1.29, 1.82) is 0 Å². The molecule has 0 bridgehead atoms. The van der Waals surface area contributed by atoms with E-state index in [1.165, 1.54) is 32.1 Å². The molecule has 1 aliphatic heterocycles. The summed E-state index contributed by atoms with van der Waals surface area (Å²) in [4.78, 5) is 39.0. The normalized spacial score (nSPS) is 19.7. The van der Waals surface area contributed by atoms with E-state index in [0.29, 0.717) is 18.7 Å². The predicted octanol–water partition coefficient (Wildman–Crippen LogP) is 3.52. The lowest BCUT2D eigenvalue weighted by atomic mass is 9.89. The molecule has 0 spiro atoms. The summed E-state index contributed by atoms with van der Waals surface area (Å²) in [5, 5.41) is 6.12. The molecule has 0 radical (unpaired) electrons. The molecular weight excluding hydrogens is 402 g/mol. The summed E-state index contributed by atoms with van der Waals surface area (Å²) in [7, 11) is 0. The fourth-order valence-electron chi connectivity index (χ4n) is 4.77. The zero-order chi connectivity index (χ0) is 22.9. The highest BCUT2D eigenvalue weighted by molar-refractivity contribution is 5.97. The van der Waals surface area contributed by atoms with Gasteiger partial charge >= 0.3 is 0 Å². The fraction of sp³-hybridized carbons (Fsp3) is 0.654. The molecule has 1 atom stereocenters. The minimum Gasteiger partial charge on any atom is -0.345 e. The van der Waals surface area contributed by atoms with Gasteiger partial charge in [0, 0.05) is 30.5 Å². The van der Waals surface area contributed by atoms with Gasteiger partial charge in [-0.2, -0.15) is 0 Å². The van der Waals surface area contributed by atoms with Gasteiger partial charge in [0.25, 0.3) is 5.91 Å². The first-order valence-corrected chi connectivity index (χ1v) is 12.3. The van der Waals surface area contributed by atoms with Crippen LogP contribution in [0.1, 0.15) is 80.6 Å². The molecule has 1 heterocycles. The number of hydrogen-bond donors (Lipinski definition) is 2. The van der Waals surface area contributed by atoms with Crippen molar-refractivity contribution in [2.24, 2.45) is 11.8 Å². The van der Waals surface area contributed by atoms with Crippen LogP contribution in [0.2, 0.25) is 0 Å². The maximum atomic E-state index is 12.8. The number of piperidine rings is 1. The third-order valence-electron chi connectivity index (χ3n) is 6.90. The Hall–Kier alpha value is -2.21. The molecule has 6 nitrogen and oxygen atoms in total. The number of hydrogen-bond acceptors (Lipinski definition) is 4. The number of carbonyl (C=O) groups is 3. The van der Waals surface area contributed by atoms with E-state index in [1.54, 1.807) is 6.07 Å². The summed E-state index contributed by atoms with van der Waals surface area (Å²) in [6.07, 6.45) is 8.53. The Labute approximate surface area is 192 Å². The van der Waals surface area contributed by atoms with Gasteiger partial charge in [-0.25, -0.2) is 0 Å². The van der Waals surface area contributed by atoms with Crippen molar-refractivity contribution in [3.8, 4) is 0 Å². The van der Waals surface area contributed by atoms with E-state index in [2.05, 4.69) is 10.6 Å². The molecule has 176 valence electrons. The monoisotopic (exact) mass is 441 g/mol. The molecule has 1 aromatic rings. The number of nitrogens with zero attached hydrogens (tertiary/aromatic N) is 1. The van der Waals surface area contributed by atoms with Crippen molar-refractivity contribution < 1.29 is 14.4 Å². The Morgan fingerprint density at radius 1 is 1.03 bits per heavy atom. The highest BCUT2D eigenvalue weighted by atomic mass is 16.2. The minimum atomic E-state index is -0.225. The lowest BCUT2D eigenvalue weighted by Crippen LogP contribution is -2.44. The molecule has 2 aliphatic rings. The third-order valence-corrected chi connectivity index (χ3v) is 6.90. The lowest BCUT2D eigenvalue weighted by molar-refractivity contribution is -0.131. The summed E-state index contributed by atoms with van der Waals surface area (Å²) >= 11 is 0. The van der Waals surface area contributed by atoms with Crippen LogP contribution in [0, 0.1) is 11.8 Å². The number of carbonyl (C=O) groups excluding carboxylic acids is 3. The van der Waals surface area contributed by atoms with Crippen molar-refractivity contribution in [3.63, 3.8) is 0 Å². The van der Waals surface area contributed by atoms with E-state index < -0.39 is 0 Å². The fourth-order valence-corrected chi connectivity index (χ4v) is 4.77. The van der Waals surface area contributed by atoms with Gasteiger partial charge in [-0.05, 0) is 55.8 Å². The SMILES string of the molecule is CC(C)C(=O)CNC(=O)c1cccc(C2CCCN(C(=O)CNCC3CCCCC3)C2)c1. The van der Waals surface area contributed by atoms with Crippen LogP contribution in [0.5, 0.6) is 0 Å². The second kappa shape index (κ2) is 12.1. The van der Waals surface area contributed by atoms with Crippen molar-refractivity contribution in [1.82, 2.24) is 15.5 Å². The molecule has 1 saturated heterocycles. The second-order valence-electron chi connectivity index (χ2n) is 9.74.